The first-order valence-electron chi connectivity index (χ1n) is 8.24. The van der Waals surface area contributed by atoms with Crippen LogP contribution in [0.15, 0.2) is 35.3 Å². The highest BCUT2D eigenvalue weighted by molar-refractivity contribution is 8.00. The minimum Gasteiger partial charge on any atom is -0.354 e. The summed E-state index contributed by atoms with van der Waals surface area (Å²) in [5, 5.41) is 3.58. The van der Waals surface area contributed by atoms with Crippen molar-refractivity contribution in [2.24, 2.45) is 4.99 Å². The maximum absolute atomic E-state index is 4.51. The molecule has 0 aliphatic carbocycles. The Morgan fingerprint density at radius 1 is 1.35 bits per heavy atom. The van der Waals surface area contributed by atoms with Gasteiger partial charge in [-0.1, -0.05) is 30.3 Å². The molecular formula is C18H30N4S. The molecule has 1 aromatic rings. The molecule has 1 saturated heterocycles. The molecule has 1 aliphatic heterocycles. The molecule has 1 aromatic carbocycles. The molecule has 23 heavy (non-hydrogen) atoms. The highest BCUT2D eigenvalue weighted by Gasteiger charge is 2.29. The maximum atomic E-state index is 4.51. The molecule has 0 radical (unpaired) electrons. The lowest BCUT2D eigenvalue weighted by atomic mass is 10.1. The Balaban J connectivity index is 2.01. The second-order valence-electron chi connectivity index (χ2n) is 6.85. The Hall–Kier alpha value is -1.20. The van der Waals surface area contributed by atoms with Crippen LogP contribution in [0.5, 0.6) is 0 Å². The van der Waals surface area contributed by atoms with Crippen molar-refractivity contribution in [3.05, 3.63) is 35.9 Å². The van der Waals surface area contributed by atoms with Gasteiger partial charge < -0.3 is 15.1 Å². The molecule has 1 fully saturated rings. The van der Waals surface area contributed by atoms with Crippen LogP contribution in [0.3, 0.4) is 0 Å². The third kappa shape index (κ3) is 5.15. The zero-order valence-electron chi connectivity index (χ0n) is 15.0. The van der Waals surface area contributed by atoms with Crippen LogP contribution >= 0.6 is 11.8 Å². The lowest BCUT2D eigenvalue weighted by molar-refractivity contribution is 0.292. The van der Waals surface area contributed by atoms with Crippen LogP contribution in [0.4, 0.5) is 0 Å². The van der Waals surface area contributed by atoms with E-state index >= 15 is 0 Å². The van der Waals surface area contributed by atoms with E-state index in [-0.39, 0.29) is 4.75 Å². The first kappa shape index (κ1) is 18.1. The summed E-state index contributed by atoms with van der Waals surface area (Å²) in [4.78, 5) is 9.14. The molecule has 2 rings (SSSR count). The van der Waals surface area contributed by atoms with E-state index in [1.807, 2.05) is 18.8 Å². The van der Waals surface area contributed by atoms with Gasteiger partial charge in [0.1, 0.15) is 0 Å². The van der Waals surface area contributed by atoms with Gasteiger partial charge in [-0.3, -0.25) is 4.99 Å². The van der Waals surface area contributed by atoms with Crippen molar-refractivity contribution >= 4 is 17.7 Å². The van der Waals surface area contributed by atoms with Crippen molar-refractivity contribution in [1.29, 1.82) is 0 Å². The molecule has 0 spiro atoms. The van der Waals surface area contributed by atoms with E-state index in [0.29, 0.717) is 6.04 Å². The number of nitrogens with zero attached hydrogens (tertiary/aromatic N) is 3. The summed E-state index contributed by atoms with van der Waals surface area (Å²) < 4.78 is 0.288. The number of hydrogen-bond donors (Lipinski definition) is 1. The number of rotatable bonds is 4. The molecule has 4 nitrogen and oxygen atoms in total. The number of nitrogens with one attached hydrogen (secondary N) is 1. The fourth-order valence-corrected chi connectivity index (χ4v) is 4.10. The maximum Gasteiger partial charge on any atom is 0.193 e. The molecule has 1 atom stereocenters. The first-order valence-corrected chi connectivity index (χ1v) is 9.22. The smallest absolute Gasteiger partial charge is 0.193 e. The minimum atomic E-state index is 0.288. The van der Waals surface area contributed by atoms with Crippen LogP contribution < -0.4 is 5.32 Å². The van der Waals surface area contributed by atoms with E-state index in [4.69, 9.17) is 0 Å². The predicted octanol–water partition coefficient (Wildman–Crippen LogP) is 2.69. The third-order valence-electron chi connectivity index (χ3n) is 4.20. The monoisotopic (exact) mass is 334 g/mol. The van der Waals surface area contributed by atoms with E-state index in [1.165, 1.54) is 5.56 Å². The van der Waals surface area contributed by atoms with Crippen LogP contribution in [0.1, 0.15) is 25.5 Å². The number of likely N-dealkylation sites (N-methyl/N-ethyl adjacent to an activating group) is 1. The van der Waals surface area contributed by atoms with Crippen molar-refractivity contribution < 1.29 is 0 Å². The van der Waals surface area contributed by atoms with Crippen molar-refractivity contribution in [2.75, 3.05) is 46.5 Å². The molecule has 1 unspecified atom stereocenters. The van der Waals surface area contributed by atoms with Crippen molar-refractivity contribution in [3.8, 4) is 0 Å². The number of benzene rings is 1. The van der Waals surface area contributed by atoms with Gasteiger partial charge in [-0.25, -0.2) is 0 Å². The summed E-state index contributed by atoms with van der Waals surface area (Å²) in [6, 6.07) is 11.0. The lowest BCUT2D eigenvalue weighted by Crippen LogP contribution is -2.52. The molecule has 0 aromatic heterocycles. The Morgan fingerprint density at radius 2 is 2.04 bits per heavy atom. The highest BCUT2D eigenvalue weighted by Crippen LogP contribution is 2.29. The molecule has 1 N–H and O–H groups in total. The van der Waals surface area contributed by atoms with Gasteiger partial charge >= 0.3 is 0 Å². The summed E-state index contributed by atoms with van der Waals surface area (Å²) in [6.45, 7) is 7.57. The summed E-state index contributed by atoms with van der Waals surface area (Å²) in [5.74, 6) is 2.17. The average Bonchev–Trinajstić information content (AvgIpc) is 2.51. The van der Waals surface area contributed by atoms with Crippen molar-refractivity contribution in [3.63, 3.8) is 0 Å². The van der Waals surface area contributed by atoms with E-state index in [0.717, 1.165) is 31.3 Å². The summed E-state index contributed by atoms with van der Waals surface area (Å²) in [7, 11) is 6.13. The molecule has 0 bridgehead atoms. The van der Waals surface area contributed by atoms with Crippen LogP contribution in [0, 0.1) is 0 Å². The van der Waals surface area contributed by atoms with Crippen molar-refractivity contribution in [2.45, 2.75) is 24.6 Å². The molecule has 1 heterocycles. The number of hydrogen-bond acceptors (Lipinski definition) is 3. The Bertz CT molecular complexity index is 513. The van der Waals surface area contributed by atoms with E-state index < -0.39 is 0 Å². The molecule has 0 saturated carbocycles. The van der Waals surface area contributed by atoms with Gasteiger partial charge in [0.05, 0.1) is 6.04 Å². The van der Waals surface area contributed by atoms with E-state index in [9.17, 15) is 0 Å². The van der Waals surface area contributed by atoms with Gasteiger partial charge in [0.25, 0.3) is 0 Å². The SMILES string of the molecule is CN=C(NCC(c1ccccc1)N(C)C)N1CCSC(C)(C)C1. The van der Waals surface area contributed by atoms with Crippen LogP contribution in [-0.2, 0) is 0 Å². The minimum absolute atomic E-state index is 0.288. The zero-order valence-corrected chi connectivity index (χ0v) is 15.9. The summed E-state index contributed by atoms with van der Waals surface area (Å²) >= 11 is 2.05. The zero-order chi connectivity index (χ0) is 16.9. The first-order chi connectivity index (χ1) is 10.9. The van der Waals surface area contributed by atoms with E-state index in [2.05, 4.69) is 78.4 Å². The Kier molecular flexibility index (Phi) is 6.36. The molecule has 128 valence electrons. The van der Waals surface area contributed by atoms with Crippen LogP contribution in [-0.4, -0.2) is 67.0 Å². The second kappa shape index (κ2) is 8.06. The third-order valence-corrected chi connectivity index (χ3v) is 5.50. The summed E-state index contributed by atoms with van der Waals surface area (Å²) in [6.07, 6.45) is 0. The predicted molar refractivity (Wildman–Crippen MR) is 102 cm³/mol. The molecular weight excluding hydrogens is 304 g/mol. The number of thioether (sulfide) groups is 1. The van der Waals surface area contributed by atoms with Gasteiger partial charge in [-0.15, -0.1) is 0 Å². The van der Waals surface area contributed by atoms with Crippen LogP contribution in [0.25, 0.3) is 0 Å². The van der Waals surface area contributed by atoms with E-state index in [1.54, 1.807) is 0 Å². The standard InChI is InChI=1S/C18H30N4S/c1-18(2)14-22(11-12-23-18)17(19-3)20-13-16(21(4)5)15-9-7-6-8-10-15/h6-10,16H,11-14H2,1-5H3,(H,19,20). The summed E-state index contributed by atoms with van der Waals surface area (Å²) in [5.41, 5.74) is 1.33. The molecule has 1 aliphatic rings. The number of guanidine groups is 1. The van der Waals surface area contributed by atoms with Gasteiger partial charge in [0.15, 0.2) is 5.96 Å². The van der Waals surface area contributed by atoms with Gasteiger partial charge in [-0.2, -0.15) is 11.8 Å². The van der Waals surface area contributed by atoms with Gasteiger partial charge in [-0.05, 0) is 33.5 Å². The fourth-order valence-electron chi connectivity index (χ4n) is 2.99. The topological polar surface area (TPSA) is 30.9 Å². The molecule has 5 heteroatoms. The van der Waals surface area contributed by atoms with Gasteiger partial charge in [0.2, 0.25) is 0 Å². The van der Waals surface area contributed by atoms with Gasteiger partial charge in [0, 0.05) is 37.2 Å². The van der Waals surface area contributed by atoms with Crippen molar-refractivity contribution in [1.82, 2.24) is 15.1 Å². The number of aliphatic imine (C=N–C) groups is 1. The quantitative estimate of drug-likeness (QED) is 0.677. The van der Waals surface area contributed by atoms with Crippen LogP contribution in [0.2, 0.25) is 0 Å². The highest BCUT2D eigenvalue weighted by atomic mass is 32.2. The average molecular weight is 335 g/mol. The Morgan fingerprint density at radius 3 is 2.61 bits per heavy atom. The Labute approximate surface area is 145 Å². The lowest BCUT2D eigenvalue weighted by Gasteiger charge is -2.39. The largest absolute Gasteiger partial charge is 0.354 e. The second-order valence-corrected chi connectivity index (χ2v) is 8.65. The fraction of sp³-hybridized carbons (Fsp3) is 0.611. The normalized spacial score (nSPS) is 19.7. The molecule has 0 amide bonds.